The summed E-state index contributed by atoms with van der Waals surface area (Å²) in [6.07, 6.45) is 0. The zero-order valence-electron chi connectivity index (χ0n) is 9.95. The lowest BCUT2D eigenvalue weighted by molar-refractivity contribution is 0.0527. The number of fused-ring (bicyclic) bond motifs is 1. The summed E-state index contributed by atoms with van der Waals surface area (Å²) >= 11 is 6.24. The number of carbonyl (C=O) groups is 1. The van der Waals surface area contributed by atoms with Gasteiger partial charge in [-0.15, -0.1) is 0 Å². The number of esters is 1. The third-order valence-electron chi connectivity index (χ3n) is 2.63. The molecular weight excluding hydrogens is 240 g/mol. The van der Waals surface area contributed by atoms with Crippen LogP contribution in [0.2, 0.25) is 5.02 Å². The minimum absolute atomic E-state index is 0.333. The van der Waals surface area contributed by atoms with Gasteiger partial charge in [0.05, 0.1) is 28.4 Å². The fourth-order valence-corrected chi connectivity index (χ4v) is 2.25. The van der Waals surface area contributed by atoms with Gasteiger partial charge in [0, 0.05) is 12.4 Å². The summed E-state index contributed by atoms with van der Waals surface area (Å²) in [5.41, 5.74) is 2.09. The maximum absolute atomic E-state index is 11.7. The van der Waals surface area contributed by atoms with Crippen LogP contribution in [0, 0.1) is 6.92 Å². The number of carbonyl (C=O) groups excluding carboxylic acids is 1. The number of aromatic nitrogens is 2. The molecule has 4 nitrogen and oxygen atoms in total. The molecule has 5 heteroatoms. The first-order chi connectivity index (χ1) is 8.06. The molecule has 0 aliphatic heterocycles. The minimum Gasteiger partial charge on any atom is -0.462 e. The molecule has 0 aliphatic carbocycles. The Morgan fingerprint density at radius 2 is 2.24 bits per heavy atom. The van der Waals surface area contributed by atoms with Crippen LogP contribution in [0.5, 0.6) is 0 Å². The maximum Gasteiger partial charge on any atom is 0.339 e. The molecule has 1 aromatic carbocycles. The molecule has 0 N–H and O–H groups in total. The summed E-state index contributed by atoms with van der Waals surface area (Å²) in [5.74, 6) is -0.400. The van der Waals surface area contributed by atoms with Gasteiger partial charge in [0.1, 0.15) is 0 Å². The van der Waals surface area contributed by atoms with E-state index >= 15 is 0 Å². The molecule has 0 saturated carbocycles. The summed E-state index contributed by atoms with van der Waals surface area (Å²) in [5, 5.41) is 5.49. The summed E-state index contributed by atoms with van der Waals surface area (Å²) < 4.78 is 6.70. The van der Waals surface area contributed by atoms with Crippen molar-refractivity contribution in [3.05, 3.63) is 28.4 Å². The summed E-state index contributed by atoms with van der Waals surface area (Å²) in [4.78, 5) is 11.7. The average Bonchev–Trinajstić information content (AvgIpc) is 2.56. The van der Waals surface area contributed by atoms with Crippen molar-refractivity contribution >= 4 is 28.5 Å². The molecule has 0 unspecified atom stereocenters. The third kappa shape index (κ3) is 1.89. The van der Waals surface area contributed by atoms with Gasteiger partial charge in [0.2, 0.25) is 0 Å². The molecule has 17 heavy (non-hydrogen) atoms. The van der Waals surface area contributed by atoms with E-state index in [4.69, 9.17) is 16.3 Å². The number of nitrogens with zero attached hydrogens (tertiary/aromatic N) is 2. The number of halogens is 1. The fourth-order valence-electron chi connectivity index (χ4n) is 1.88. The number of benzene rings is 1. The van der Waals surface area contributed by atoms with Crippen molar-refractivity contribution in [3.8, 4) is 0 Å². The van der Waals surface area contributed by atoms with E-state index in [0.717, 1.165) is 16.6 Å². The van der Waals surface area contributed by atoms with Crippen LogP contribution in [0.15, 0.2) is 12.1 Å². The molecule has 2 aromatic rings. The molecule has 0 bridgehead atoms. The average molecular weight is 253 g/mol. The minimum atomic E-state index is -0.400. The monoisotopic (exact) mass is 252 g/mol. The van der Waals surface area contributed by atoms with E-state index in [1.54, 1.807) is 17.7 Å². The van der Waals surface area contributed by atoms with Crippen LogP contribution in [-0.4, -0.2) is 22.4 Å². The number of ether oxygens (including phenoxy) is 1. The van der Waals surface area contributed by atoms with Crippen molar-refractivity contribution in [1.29, 1.82) is 0 Å². The van der Waals surface area contributed by atoms with Gasteiger partial charge in [-0.25, -0.2) is 4.79 Å². The van der Waals surface area contributed by atoms with Crippen LogP contribution in [0.3, 0.4) is 0 Å². The van der Waals surface area contributed by atoms with E-state index in [0.29, 0.717) is 17.2 Å². The van der Waals surface area contributed by atoms with Gasteiger partial charge in [-0.3, -0.25) is 4.68 Å². The van der Waals surface area contributed by atoms with Crippen LogP contribution >= 0.6 is 11.6 Å². The molecule has 2 rings (SSSR count). The van der Waals surface area contributed by atoms with E-state index < -0.39 is 5.97 Å². The molecule has 0 aliphatic rings. The third-order valence-corrected chi connectivity index (χ3v) is 3.02. The normalized spacial score (nSPS) is 10.8. The number of hydrogen-bond donors (Lipinski definition) is 0. The Hall–Kier alpha value is -1.55. The molecular formula is C12H13ClN2O2. The highest BCUT2D eigenvalue weighted by atomic mass is 35.5. The highest BCUT2D eigenvalue weighted by Gasteiger charge is 2.17. The van der Waals surface area contributed by atoms with Gasteiger partial charge in [-0.2, -0.15) is 5.10 Å². The van der Waals surface area contributed by atoms with Gasteiger partial charge in [0.25, 0.3) is 0 Å². The topological polar surface area (TPSA) is 44.1 Å². The Bertz CT molecular complexity index is 590. The Balaban J connectivity index is 2.65. The smallest absolute Gasteiger partial charge is 0.339 e. The van der Waals surface area contributed by atoms with Gasteiger partial charge in [-0.05, 0) is 26.0 Å². The first kappa shape index (κ1) is 11.9. The zero-order chi connectivity index (χ0) is 12.6. The van der Waals surface area contributed by atoms with Crippen molar-refractivity contribution in [2.75, 3.05) is 6.61 Å². The fraction of sp³-hybridized carbons (Fsp3) is 0.333. The maximum atomic E-state index is 11.7. The highest BCUT2D eigenvalue weighted by Crippen LogP contribution is 2.29. The quantitative estimate of drug-likeness (QED) is 0.772. The highest BCUT2D eigenvalue weighted by molar-refractivity contribution is 6.38. The van der Waals surface area contributed by atoms with Gasteiger partial charge in [0.15, 0.2) is 0 Å². The molecule has 0 radical (unpaired) electrons. The Morgan fingerprint density at radius 1 is 1.53 bits per heavy atom. The Morgan fingerprint density at radius 3 is 2.88 bits per heavy atom. The van der Waals surface area contributed by atoms with Gasteiger partial charge < -0.3 is 4.74 Å². The van der Waals surface area contributed by atoms with Crippen LogP contribution < -0.4 is 0 Å². The van der Waals surface area contributed by atoms with Gasteiger partial charge >= 0.3 is 5.97 Å². The summed E-state index contributed by atoms with van der Waals surface area (Å²) in [6, 6.07) is 3.50. The predicted octanol–water partition coefficient (Wildman–Crippen LogP) is 2.71. The number of rotatable bonds is 2. The number of aryl methyl sites for hydroxylation is 2. The molecule has 0 amide bonds. The molecule has 0 spiro atoms. The lowest BCUT2D eigenvalue weighted by Gasteiger charge is -2.05. The first-order valence-corrected chi connectivity index (χ1v) is 5.73. The standard InChI is InChI=1S/C12H13ClN2O2/c1-4-17-12(16)8-5-6-9-10(11(8)13)7(2)14-15(9)3/h5-6H,4H2,1-3H3. The SMILES string of the molecule is CCOC(=O)c1ccc2c(c(C)nn2C)c1Cl. The predicted molar refractivity (Wildman–Crippen MR) is 66.4 cm³/mol. The molecule has 90 valence electrons. The van der Waals surface area contributed by atoms with Crippen LogP contribution in [-0.2, 0) is 11.8 Å². The van der Waals surface area contributed by atoms with E-state index in [1.165, 1.54) is 0 Å². The van der Waals surface area contributed by atoms with Crippen molar-refractivity contribution < 1.29 is 9.53 Å². The van der Waals surface area contributed by atoms with E-state index in [9.17, 15) is 4.79 Å². The molecule has 0 fully saturated rings. The van der Waals surface area contributed by atoms with Crippen molar-refractivity contribution in [3.63, 3.8) is 0 Å². The largest absolute Gasteiger partial charge is 0.462 e. The first-order valence-electron chi connectivity index (χ1n) is 5.35. The number of hydrogen-bond acceptors (Lipinski definition) is 3. The Labute approximate surface area is 104 Å². The second-order valence-electron chi connectivity index (χ2n) is 3.75. The van der Waals surface area contributed by atoms with Crippen molar-refractivity contribution in [1.82, 2.24) is 9.78 Å². The second kappa shape index (κ2) is 4.37. The molecule has 0 atom stereocenters. The van der Waals surface area contributed by atoms with Crippen LogP contribution in [0.25, 0.3) is 10.9 Å². The summed E-state index contributed by atoms with van der Waals surface area (Å²) in [6.45, 7) is 3.96. The van der Waals surface area contributed by atoms with Crippen molar-refractivity contribution in [2.45, 2.75) is 13.8 Å². The molecule has 1 heterocycles. The lowest BCUT2D eigenvalue weighted by atomic mass is 10.1. The molecule has 0 saturated heterocycles. The Kier molecular flexibility index (Phi) is 3.07. The van der Waals surface area contributed by atoms with E-state index in [-0.39, 0.29) is 0 Å². The lowest BCUT2D eigenvalue weighted by Crippen LogP contribution is -2.05. The molecule has 1 aromatic heterocycles. The van der Waals surface area contributed by atoms with E-state index in [2.05, 4.69) is 5.10 Å². The second-order valence-corrected chi connectivity index (χ2v) is 4.13. The van der Waals surface area contributed by atoms with E-state index in [1.807, 2.05) is 20.0 Å². The van der Waals surface area contributed by atoms with Crippen molar-refractivity contribution in [2.24, 2.45) is 7.05 Å². The van der Waals surface area contributed by atoms with Crippen LogP contribution in [0.4, 0.5) is 0 Å². The van der Waals surface area contributed by atoms with Gasteiger partial charge in [-0.1, -0.05) is 11.6 Å². The van der Waals surface area contributed by atoms with Crippen LogP contribution in [0.1, 0.15) is 23.0 Å². The zero-order valence-corrected chi connectivity index (χ0v) is 10.7. The summed E-state index contributed by atoms with van der Waals surface area (Å²) in [7, 11) is 1.84.